The van der Waals surface area contributed by atoms with Crippen molar-refractivity contribution in [1.82, 2.24) is 0 Å². The second-order valence-electron chi connectivity index (χ2n) is 10.2. The molecule has 0 aromatic heterocycles. The molecule has 0 amide bonds. The van der Waals surface area contributed by atoms with E-state index >= 15 is 0 Å². The summed E-state index contributed by atoms with van der Waals surface area (Å²) in [5.74, 6) is 0. The van der Waals surface area contributed by atoms with Crippen molar-refractivity contribution >= 4 is 28.0 Å². The van der Waals surface area contributed by atoms with Crippen molar-refractivity contribution < 1.29 is 22.5 Å². The third-order valence-electron chi connectivity index (χ3n) is 8.04. The molecule has 0 spiro atoms. The van der Waals surface area contributed by atoms with Gasteiger partial charge in [0.1, 0.15) is 32.8 Å². The summed E-state index contributed by atoms with van der Waals surface area (Å²) in [7, 11) is 0. The van der Waals surface area contributed by atoms with Crippen LogP contribution in [0.5, 0.6) is 0 Å². The van der Waals surface area contributed by atoms with E-state index in [1.165, 1.54) is 19.6 Å². The van der Waals surface area contributed by atoms with Gasteiger partial charge in [0.15, 0.2) is 0 Å². The lowest BCUT2D eigenvalue weighted by molar-refractivity contribution is -0.894. The molecule has 1 nitrogen and oxygen atoms in total. The van der Waals surface area contributed by atoms with Gasteiger partial charge < -0.3 is 4.90 Å². The van der Waals surface area contributed by atoms with Gasteiger partial charge in [-0.05, 0) is 43.0 Å². The van der Waals surface area contributed by atoms with Gasteiger partial charge in [0, 0.05) is 0 Å². The van der Waals surface area contributed by atoms with Gasteiger partial charge >= 0.3 is 0 Å². The number of halogens is 4. The zero-order chi connectivity index (χ0) is 29.0. The number of alkyl halides is 4. The largest absolute Gasteiger partial charge is 0.336 e. The van der Waals surface area contributed by atoms with E-state index in [0.717, 1.165) is 21.9 Å². The molecule has 0 saturated carbocycles. The number of quaternary nitrogens is 1. The van der Waals surface area contributed by atoms with Crippen LogP contribution in [0.2, 0.25) is 0 Å². The lowest BCUT2D eigenvalue weighted by atomic mass is 9.13. The molecule has 0 aliphatic rings. The van der Waals surface area contributed by atoms with Crippen LogP contribution in [-0.4, -0.2) is 25.8 Å². The molecule has 4 aromatic rings. The minimum absolute atomic E-state index is 0.566. The summed E-state index contributed by atoms with van der Waals surface area (Å²) < 4.78 is 53.1. The Morgan fingerprint density at radius 1 is 0.400 bits per heavy atom. The molecule has 0 unspecified atom stereocenters. The van der Waals surface area contributed by atoms with Crippen molar-refractivity contribution in [3.63, 3.8) is 0 Å². The first-order valence-corrected chi connectivity index (χ1v) is 14.1. The minimum atomic E-state index is -1.79. The van der Waals surface area contributed by atoms with Crippen LogP contribution in [0.1, 0.15) is 43.0 Å². The van der Waals surface area contributed by atoms with Gasteiger partial charge in [0.25, 0.3) is 0 Å². The Morgan fingerprint density at radius 2 is 0.600 bits per heavy atom. The van der Waals surface area contributed by atoms with Crippen LogP contribution in [0.25, 0.3) is 0 Å². The van der Waals surface area contributed by atoms with Crippen molar-refractivity contribution in [2.24, 2.45) is 0 Å². The lowest BCUT2D eigenvalue weighted by Crippen LogP contribution is -3.11. The number of benzene rings is 4. The summed E-state index contributed by atoms with van der Waals surface area (Å²) >= 11 is 0. The van der Waals surface area contributed by atoms with E-state index in [1.807, 2.05) is 48.5 Å². The normalized spacial score (nSPS) is 11.3. The summed E-state index contributed by atoms with van der Waals surface area (Å²) in [5.41, 5.74) is 5.99. The highest BCUT2D eigenvalue weighted by molar-refractivity contribution is 7.19. The summed E-state index contributed by atoms with van der Waals surface area (Å²) in [4.78, 5) is 1.68. The van der Waals surface area contributed by atoms with Gasteiger partial charge in [-0.2, -0.15) is 21.9 Å². The molecule has 4 rings (SSSR count). The minimum Gasteiger partial charge on any atom is -0.336 e. The van der Waals surface area contributed by atoms with Gasteiger partial charge in [-0.3, -0.25) is 0 Å². The predicted molar refractivity (Wildman–Crippen MR) is 162 cm³/mol. The van der Waals surface area contributed by atoms with Crippen molar-refractivity contribution in [3.05, 3.63) is 119 Å². The molecule has 4 aromatic carbocycles. The molecule has 0 radical (unpaired) electrons. The fraction of sp³-hybridized carbons (Fsp3) is 0.294. The van der Waals surface area contributed by atoms with E-state index in [4.69, 9.17) is 0 Å². The quantitative estimate of drug-likeness (QED) is 0.201. The molecule has 0 fully saturated rings. The molecule has 212 valence electrons. The molecule has 40 heavy (non-hydrogen) atoms. The number of hydrogen-bond donors (Lipinski definition) is 1. The summed E-state index contributed by atoms with van der Waals surface area (Å²) in [6.07, 6.45) is -1.79. The Labute approximate surface area is 236 Å². The van der Waals surface area contributed by atoms with Crippen molar-refractivity contribution in [3.8, 4) is 0 Å². The van der Waals surface area contributed by atoms with E-state index < -0.39 is 32.8 Å². The molecular formula is C34H40BF4N. The maximum Gasteiger partial charge on any atom is 0.115 e. The monoisotopic (exact) mass is 549 g/mol. The van der Waals surface area contributed by atoms with Crippen LogP contribution >= 0.6 is 0 Å². The molecule has 0 aliphatic carbocycles. The highest BCUT2D eigenvalue weighted by Crippen LogP contribution is 2.14. The molecule has 0 bridgehead atoms. The van der Waals surface area contributed by atoms with Crippen LogP contribution in [-0.2, 0) is 26.7 Å². The highest BCUT2D eigenvalue weighted by atomic mass is 19.1. The number of rotatable bonds is 11. The fourth-order valence-electron chi connectivity index (χ4n) is 5.49. The Bertz CT molecular complexity index is 1070. The zero-order valence-electron chi connectivity index (χ0n) is 23.8. The first kappa shape index (κ1) is 31.2. The van der Waals surface area contributed by atoms with E-state index in [2.05, 4.69) is 20.8 Å². The lowest BCUT2D eigenvalue weighted by Gasteiger charge is -2.44. The van der Waals surface area contributed by atoms with E-state index in [1.54, 1.807) is 53.4 Å². The van der Waals surface area contributed by atoms with Crippen LogP contribution in [0.3, 0.4) is 0 Å². The van der Waals surface area contributed by atoms with Crippen LogP contribution in [0.4, 0.5) is 17.6 Å². The molecular weight excluding hydrogens is 509 g/mol. The summed E-state index contributed by atoms with van der Waals surface area (Å²) in [6, 6.07) is 29.3. The fourth-order valence-corrected chi connectivity index (χ4v) is 5.49. The standard InChI is InChI=1S/C28H24BF4.C6H15N/c30-17-21-1-9-25(10-2-21)29(26-11-3-22(18-31)4-12-26,27-13-5-23(19-32)6-14-27)28-15-7-24(20-33)8-16-28;1-4-7(5-2)6-3/h1-16H,17-20H2;4-6H2,1-3H3/q-1;/p+1. The van der Waals surface area contributed by atoms with Crippen LogP contribution in [0.15, 0.2) is 97.1 Å². The van der Waals surface area contributed by atoms with Crippen molar-refractivity contribution in [1.29, 1.82) is 0 Å². The Kier molecular flexibility index (Phi) is 12.0. The Balaban J connectivity index is 0.000000559. The summed E-state index contributed by atoms with van der Waals surface area (Å²) in [6.45, 7) is 8.22. The molecule has 0 aliphatic heterocycles. The maximum absolute atomic E-state index is 13.3. The molecule has 0 atom stereocenters. The SMILES string of the molecule is CC[NH+](CC)CC.FCc1ccc([B-](c2ccc(CF)cc2)(c2ccc(CF)cc2)c2ccc(CF)cc2)cc1. The molecule has 0 heterocycles. The van der Waals surface area contributed by atoms with Crippen molar-refractivity contribution in [2.45, 2.75) is 47.5 Å². The van der Waals surface area contributed by atoms with Gasteiger partial charge in [-0.1, -0.05) is 97.1 Å². The van der Waals surface area contributed by atoms with E-state index in [9.17, 15) is 17.6 Å². The van der Waals surface area contributed by atoms with Crippen LogP contribution < -0.4 is 26.8 Å². The van der Waals surface area contributed by atoms with Gasteiger partial charge in [0.2, 0.25) is 0 Å². The topological polar surface area (TPSA) is 4.44 Å². The molecule has 0 saturated heterocycles. The summed E-state index contributed by atoms with van der Waals surface area (Å²) in [5, 5.41) is 0. The van der Waals surface area contributed by atoms with E-state index in [0.29, 0.717) is 22.3 Å². The zero-order valence-corrected chi connectivity index (χ0v) is 23.8. The van der Waals surface area contributed by atoms with Gasteiger partial charge in [0.05, 0.1) is 19.6 Å². The molecule has 1 N–H and O–H groups in total. The average Bonchev–Trinajstić information content (AvgIpc) is 3.04. The molecule has 6 heteroatoms. The maximum atomic E-state index is 13.3. The first-order valence-electron chi connectivity index (χ1n) is 14.1. The Hall–Kier alpha value is -3.38. The highest BCUT2D eigenvalue weighted by Gasteiger charge is 2.31. The van der Waals surface area contributed by atoms with E-state index in [-0.39, 0.29) is 0 Å². The second-order valence-corrected chi connectivity index (χ2v) is 10.2. The Morgan fingerprint density at radius 3 is 0.725 bits per heavy atom. The average molecular weight is 550 g/mol. The van der Waals surface area contributed by atoms with Crippen LogP contribution in [0, 0.1) is 0 Å². The second kappa shape index (κ2) is 15.4. The van der Waals surface area contributed by atoms with Gasteiger partial charge in [-0.15, -0.1) is 0 Å². The third kappa shape index (κ3) is 7.03. The van der Waals surface area contributed by atoms with Crippen molar-refractivity contribution in [2.75, 3.05) is 19.6 Å². The smallest absolute Gasteiger partial charge is 0.115 e. The first-order chi connectivity index (χ1) is 19.5. The predicted octanol–water partition coefficient (Wildman–Crippen LogP) is 4.87. The third-order valence-corrected chi connectivity index (χ3v) is 8.04. The number of nitrogens with one attached hydrogen (secondary N) is 1. The van der Waals surface area contributed by atoms with Gasteiger partial charge in [-0.25, -0.2) is 17.6 Å². The number of hydrogen-bond acceptors (Lipinski definition) is 0.